The van der Waals surface area contributed by atoms with Crippen molar-refractivity contribution in [2.24, 2.45) is 11.8 Å². The number of aliphatic hydroxyl groups is 1. The number of aliphatic hydroxyl groups excluding tert-OH is 1. The van der Waals surface area contributed by atoms with E-state index in [9.17, 15) is 9.90 Å². The summed E-state index contributed by atoms with van der Waals surface area (Å²) in [6.45, 7) is 0. The summed E-state index contributed by atoms with van der Waals surface area (Å²) in [7, 11) is 0. The SMILES string of the molecule is O=C1CCC(CCc2cc[c-]cc2)C1c1ccc(C(O)CCC2CCCCC2)cc1.[Y]. The molecule has 0 saturated heterocycles. The molecule has 3 heteroatoms. The quantitative estimate of drug-likeness (QED) is 0.423. The minimum absolute atomic E-state index is 0. The summed E-state index contributed by atoms with van der Waals surface area (Å²) in [5.74, 6) is 1.62. The molecule has 2 aromatic rings. The van der Waals surface area contributed by atoms with Crippen LogP contribution >= 0.6 is 0 Å². The number of hydrogen-bond donors (Lipinski definition) is 1. The average Bonchev–Trinajstić information content (AvgIpc) is 3.18. The van der Waals surface area contributed by atoms with Crippen molar-refractivity contribution >= 4 is 5.78 Å². The van der Waals surface area contributed by atoms with Gasteiger partial charge >= 0.3 is 0 Å². The largest absolute Gasteiger partial charge is 0.388 e. The molecule has 4 rings (SSSR count). The Kier molecular flexibility index (Phi) is 9.94. The Morgan fingerprint density at radius 3 is 2.35 bits per heavy atom. The Labute approximate surface area is 213 Å². The summed E-state index contributed by atoms with van der Waals surface area (Å²) in [6, 6.07) is 19.5. The van der Waals surface area contributed by atoms with Crippen LogP contribution in [0.1, 0.15) is 92.9 Å². The molecule has 2 aliphatic carbocycles. The van der Waals surface area contributed by atoms with E-state index in [1.54, 1.807) is 0 Å². The molecule has 0 heterocycles. The van der Waals surface area contributed by atoms with Crippen LogP contribution in [0.25, 0.3) is 0 Å². The molecular weight excluding hydrogens is 457 g/mol. The topological polar surface area (TPSA) is 37.3 Å². The van der Waals surface area contributed by atoms with Gasteiger partial charge in [-0.05, 0) is 48.6 Å². The molecule has 31 heavy (non-hydrogen) atoms. The van der Waals surface area contributed by atoms with E-state index in [-0.39, 0.29) is 44.7 Å². The zero-order valence-corrected chi connectivity index (χ0v) is 21.5. The van der Waals surface area contributed by atoms with E-state index in [1.807, 2.05) is 12.1 Å². The molecule has 0 bridgehead atoms. The molecule has 2 nitrogen and oxygen atoms in total. The normalized spacial score (nSPS) is 22.8. The van der Waals surface area contributed by atoms with Crippen molar-refractivity contribution in [1.82, 2.24) is 0 Å². The maximum absolute atomic E-state index is 12.6. The maximum Gasteiger partial charge on any atom is 0.140 e. The van der Waals surface area contributed by atoms with Gasteiger partial charge in [-0.2, -0.15) is 35.9 Å². The van der Waals surface area contributed by atoms with Crippen molar-refractivity contribution in [3.8, 4) is 0 Å². The third-order valence-corrected chi connectivity index (χ3v) is 7.42. The Balaban J connectivity index is 0.00000272. The zero-order valence-electron chi connectivity index (χ0n) is 18.6. The minimum atomic E-state index is -0.383. The van der Waals surface area contributed by atoms with Crippen LogP contribution < -0.4 is 0 Å². The first kappa shape index (κ1) is 24.8. The van der Waals surface area contributed by atoms with E-state index < -0.39 is 0 Å². The molecule has 3 unspecified atom stereocenters. The van der Waals surface area contributed by atoms with Gasteiger partial charge in [0, 0.05) is 45.0 Å². The van der Waals surface area contributed by atoms with Crippen molar-refractivity contribution < 1.29 is 42.6 Å². The maximum atomic E-state index is 12.6. The summed E-state index contributed by atoms with van der Waals surface area (Å²) < 4.78 is 0. The molecular formula is C28H35O2Y-. The molecule has 0 spiro atoms. The fourth-order valence-electron chi connectivity index (χ4n) is 5.58. The van der Waals surface area contributed by atoms with Gasteiger partial charge in [0.15, 0.2) is 0 Å². The van der Waals surface area contributed by atoms with Crippen LogP contribution in [0, 0.1) is 17.9 Å². The molecule has 1 N–H and O–H groups in total. The van der Waals surface area contributed by atoms with Gasteiger partial charge in [0.1, 0.15) is 5.78 Å². The predicted molar refractivity (Wildman–Crippen MR) is 121 cm³/mol. The Bertz CT molecular complexity index is 796. The molecule has 3 atom stereocenters. The van der Waals surface area contributed by atoms with E-state index in [1.165, 1.54) is 37.7 Å². The summed E-state index contributed by atoms with van der Waals surface area (Å²) >= 11 is 0. The zero-order chi connectivity index (χ0) is 20.8. The van der Waals surface area contributed by atoms with Gasteiger partial charge < -0.3 is 5.11 Å². The standard InChI is InChI=1S/C28H35O2.Y/c29-26(19-12-22-9-5-2-6-10-22)23-14-16-25(17-15-23)28-24(18-20-27(28)30)13-11-21-7-3-1-4-8-21;/h3-4,7-8,14-17,22,24,26,28-29H,2,5-6,9-13,18-20H2;/q-1;. The molecule has 0 aliphatic heterocycles. The van der Waals surface area contributed by atoms with Gasteiger partial charge in [-0.3, -0.25) is 4.79 Å². The van der Waals surface area contributed by atoms with Gasteiger partial charge in [0.2, 0.25) is 0 Å². The summed E-state index contributed by atoms with van der Waals surface area (Å²) in [5.41, 5.74) is 3.45. The molecule has 0 aromatic heterocycles. The molecule has 0 amide bonds. The van der Waals surface area contributed by atoms with Gasteiger partial charge in [-0.25, -0.2) is 0 Å². The first-order valence-corrected chi connectivity index (χ1v) is 12.0. The molecule has 2 aromatic carbocycles. The fraction of sp³-hybridized carbons (Fsp3) is 0.536. The number of rotatable bonds is 8. The number of ketones is 1. The first-order valence-electron chi connectivity index (χ1n) is 12.0. The summed E-state index contributed by atoms with van der Waals surface area (Å²) in [5, 5.41) is 10.7. The number of benzene rings is 2. The predicted octanol–water partition coefficient (Wildman–Crippen LogP) is 6.57. The van der Waals surface area contributed by atoms with Crippen LogP contribution in [0.3, 0.4) is 0 Å². The average molecular weight is 492 g/mol. The smallest absolute Gasteiger partial charge is 0.140 e. The summed E-state index contributed by atoms with van der Waals surface area (Å²) in [4.78, 5) is 12.6. The monoisotopic (exact) mass is 492 g/mol. The van der Waals surface area contributed by atoms with E-state index in [0.717, 1.165) is 49.1 Å². The number of carbonyl (C=O) groups excluding carboxylic acids is 1. The second-order valence-electron chi connectivity index (χ2n) is 9.45. The second-order valence-corrected chi connectivity index (χ2v) is 9.45. The van der Waals surface area contributed by atoms with Gasteiger partial charge in [0.25, 0.3) is 0 Å². The van der Waals surface area contributed by atoms with Crippen LogP contribution in [-0.2, 0) is 43.9 Å². The van der Waals surface area contributed by atoms with Crippen molar-refractivity contribution in [3.63, 3.8) is 0 Å². The van der Waals surface area contributed by atoms with Crippen LogP contribution in [0.5, 0.6) is 0 Å². The van der Waals surface area contributed by atoms with Gasteiger partial charge in [-0.1, -0.05) is 62.8 Å². The van der Waals surface area contributed by atoms with Crippen LogP contribution in [0.4, 0.5) is 0 Å². The van der Waals surface area contributed by atoms with Crippen LogP contribution in [0.15, 0.2) is 48.5 Å². The number of aryl methyl sites for hydroxylation is 1. The van der Waals surface area contributed by atoms with Crippen molar-refractivity contribution in [2.45, 2.75) is 82.7 Å². The van der Waals surface area contributed by atoms with Crippen molar-refractivity contribution in [1.29, 1.82) is 0 Å². The summed E-state index contributed by atoms with van der Waals surface area (Å²) in [6.07, 6.45) is 12.1. The van der Waals surface area contributed by atoms with Crippen LogP contribution in [-0.4, -0.2) is 10.9 Å². The van der Waals surface area contributed by atoms with Crippen molar-refractivity contribution in [2.75, 3.05) is 0 Å². The second kappa shape index (κ2) is 12.4. The van der Waals surface area contributed by atoms with Gasteiger partial charge in [0.05, 0.1) is 6.10 Å². The van der Waals surface area contributed by atoms with Crippen molar-refractivity contribution in [3.05, 3.63) is 71.3 Å². The fourth-order valence-corrected chi connectivity index (χ4v) is 5.58. The molecule has 2 fully saturated rings. The number of Topliss-reactive ketones (excluding diaryl/α,β-unsaturated/α-hetero) is 1. The van der Waals surface area contributed by atoms with E-state index in [0.29, 0.717) is 18.1 Å². The third-order valence-electron chi connectivity index (χ3n) is 7.42. The Hall–Kier alpha value is -0.826. The van der Waals surface area contributed by atoms with E-state index >= 15 is 0 Å². The molecule has 1 radical (unpaired) electrons. The molecule has 2 saturated carbocycles. The third kappa shape index (κ3) is 6.83. The Morgan fingerprint density at radius 1 is 0.935 bits per heavy atom. The molecule has 163 valence electrons. The van der Waals surface area contributed by atoms with Gasteiger partial charge in [-0.15, -0.1) is 0 Å². The Morgan fingerprint density at radius 2 is 1.65 bits per heavy atom. The number of carbonyl (C=O) groups is 1. The first-order chi connectivity index (χ1) is 14.7. The van der Waals surface area contributed by atoms with Crippen LogP contribution in [0.2, 0.25) is 0 Å². The minimum Gasteiger partial charge on any atom is -0.388 e. The molecule has 2 aliphatic rings. The van der Waals surface area contributed by atoms with E-state index in [2.05, 4.69) is 42.5 Å². The number of hydrogen-bond acceptors (Lipinski definition) is 2. The van der Waals surface area contributed by atoms with E-state index in [4.69, 9.17) is 0 Å².